The first-order chi connectivity index (χ1) is 5.47. The number of pyridine rings is 1. The number of nitrogens with zero attached hydrogens (tertiary/aromatic N) is 1. The van der Waals surface area contributed by atoms with E-state index in [2.05, 4.69) is 9.72 Å². The lowest BCUT2D eigenvalue weighted by atomic mass is 10.4. The second kappa shape index (κ2) is 2.88. The van der Waals surface area contributed by atoms with Crippen molar-refractivity contribution in [1.82, 2.24) is 4.98 Å². The predicted molar refractivity (Wildman–Crippen MR) is 35.3 cm³/mol. The van der Waals surface area contributed by atoms with Crippen molar-refractivity contribution in [3.05, 3.63) is 18.2 Å². The van der Waals surface area contributed by atoms with Crippen molar-refractivity contribution in [3.63, 3.8) is 0 Å². The molecule has 0 spiro atoms. The Bertz CT molecular complexity index is 274. The molecular formula is C6H5F3N2O. The van der Waals surface area contributed by atoms with Crippen LogP contribution < -0.4 is 10.5 Å². The maximum Gasteiger partial charge on any atom is 0.574 e. The van der Waals surface area contributed by atoms with Gasteiger partial charge in [-0.1, -0.05) is 6.07 Å². The van der Waals surface area contributed by atoms with E-state index in [1.807, 2.05) is 0 Å². The van der Waals surface area contributed by atoms with Gasteiger partial charge in [-0.3, -0.25) is 0 Å². The van der Waals surface area contributed by atoms with Gasteiger partial charge in [0.2, 0.25) is 5.88 Å². The minimum absolute atomic E-state index is 0.0169. The molecule has 0 aliphatic carbocycles. The third kappa shape index (κ3) is 2.65. The van der Waals surface area contributed by atoms with Crippen molar-refractivity contribution in [1.29, 1.82) is 0 Å². The van der Waals surface area contributed by atoms with Crippen molar-refractivity contribution >= 4 is 5.82 Å². The number of nitrogens with two attached hydrogens (primary N) is 1. The molecule has 1 heterocycles. The fourth-order valence-electron chi connectivity index (χ4n) is 0.606. The molecular weight excluding hydrogens is 173 g/mol. The Labute approximate surface area is 66.0 Å². The molecule has 0 amide bonds. The van der Waals surface area contributed by atoms with Gasteiger partial charge in [0.05, 0.1) is 0 Å². The van der Waals surface area contributed by atoms with Crippen LogP contribution in [0.4, 0.5) is 19.0 Å². The number of anilines is 1. The molecule has 0 unspecified atom stereocenters. The van der Waals surface area contributed by atoms with E-state index < -0.39 is 12.2 Å². The molecule has 1 rings (SSSR count). The number of aromatic nitrogens is 1. The maximum absolute atomic E-state index is 11.6. The lowest BCUT2D eigenvalue weighted by Gasteiger charge is -2.07. The van der Waals surface area contributed by atoms with E-state index in [-0.39, 0.29) is 5.82 Å². The SMILES string of the molecule is Nc1cccc(OC(F)(F)F)n1. The fraction of sp³-hybridized carbons (Fsp3) is 0.167. The minimum atomic E-state index is -4.72. The summed E-state index contributed by atoms with van der Waals surface area (Å²) in [6.07, 6.45) is -4.72. The van der Waals surface area contributed by atoms with Gasteiger partial charge in [-0.05, 0) is 6.07 Å². The van der Waals surface area contributed by atoms with Crippen LogP contribution in [0, 0.1) is 0 Å². The smallest absolute Gasteiger partial charge is 0.388 e. The Kier molecular flexibility index (Phi) is 2.07. The number of halogens is 3. The fourth-order valence-corrected chi connectivity index (χ4v) is 0.606. The highest BCUT2D eigenvalue weighted by atomic mass is 19.4. The second-order valence-corrected chi connectivity index (χ2v) is 1.95. The Morgan fingerprint density at radius 3 is 2.50 bits per heavy atom. The molecule has 0 bridgehead atoms. The van der Waals surface area contributed by atoms with E-state index in [0.717, 1.165) is 6.07 Å². The van der Waals surface area contributed by atoms with Gasteiger partial charge in [0.1, 0.15) is 5.82 Å². The van der Waals surface area contributed by atoms with Gasteiger partial charge >= 0.3 is 6.36 Å². The standard InChI is InChI=1S/C6H5F3N2O/c7-6(8,9)12-5-3-1-2-4(10)11-5/h1-3H,(H2,10,11). The summed E-state index contributed by atoms with van der Waals surface area (Å²) >= 11 is 0. The van der Waals surface area contributed by atoms with Crippen LogP contribution in [-0.4, -0.2) is 11.3 Å². The first kappa shape index (κ1) is 8.63. The summed E-state index contributed by atoms with van der Waals surface area (Å²) in [6.45, 7) is 0. The Hall–Kier alpha value is -1.46. The molecule has 0 atom stereocenters. The Morgan fingerprint density at radius 1 is 1.33 bits per heavy atom. The largest absolute Gasteiger partial charge is 0.574 e. The van der Waals surface area contributed by atoms with Crippen LogP contribution in [0.25, 0.3) is 0 Å². The molecule has 2 N–H and O–H groups in total. The third-order valence-corrected chi connectivity index (χ3v) is 0.965. The number of nitrogen functional groups attached to an aromatic ring is 1. The van der Waals surface area contributed by atoms with Gasteiger partial charge in [0.25, 0.3) is 0 Å². The average Bonchev–Trinajstić information content (AvgIpc) is 1.82. The van der Waals surface area contributed by atoms with Crippen LogP contribution in [-0.2, 0) is 0 Å². The van der Waals surface area contributed by atoms with E-state index in [1.165, 1.54) is 12.1 Å². The maximum atomic E-state index is 11.6. The summed E-state index contributed by atoms with van der Waals surface area (Å²) in [5, 5.41) is 0. The molecule has 1 aromatic rings. The van der Waals surface area contributed by atoms with Crippen molar-refractivity contribution in [2.75, 3.05) is 5.73 Å². The Balaban J connectivity index is 2.77. The molecule has 0 aliphatic heterocycles. The molecule has 3 nitrogen and oxygen atoms in total. The number of alkyl halides is 3. The molecule has 0 saturated carbocycles. The van der Waals surface area contributed by atoms with Gasteiger partial charge in [-0.25, -0.2) is 0 Å². The highest BCUT2D eigenvalue weighted by Gasteiger charge is 2.31. The number of hydrogen-bond donors (Lipinski definition) is 1. The summed E-state index contributed by atoms with van der Waals surface area (Å²) in [4.78, 5) is 3.29. The molecule has 6 heteroatoms. The highest BCUT2D eigenvalue weighted by molar-refractivity contribution is 5.31. The zero-order chi connectivity index (χ0) is 9.19. The third-order valence-electron chi connectivity index (χ3n) is 0.965. The van der Waals surface area contributed by atoms with Crippen LogP contribution >= 0.6 is 0 Å². The summed E-state index contributed by atoms with van der Waals surface area (Å²) in [5.74, 6) is -0.570. The minimum Gasteiger partial charge on any atom is -0.388 e. The molecule has 0 saturated heterocycles. The van der Waals surface area contributed by atoms with E-state index in [9.17, 15) is 13.2 Å². The van der Waals surface area contributed by atoms with Gasteiger partial charge in [0, 0.05) is 6.07 Å². The lowest BCUT2D eigenvalue weighted by molar-refractivity contribution is -0.276. The van der Waals surface area contributed by atoms with Gasteiger partial charge < -0.3 is 10.5 Å². The first-order valence-corrected chi connectivity index (χ1v) is 2.96. The van der Waals surface area contributed by atoms with Crippen LogP contribution in [0.1, 0.15) is 0 Å². The van der Waals surface area contributed by atoms with Crippen molar-refractivity contribution in [2.24, 2.45) is 0 Å². The zero-order valence-electron chi connectivity index (χ0n) is 5.80. The topological polar surface area (TPSA) is 48.1 Å². The molecule has 1 aromatic heterocycles. The number of ether oxygens (including phenoxy) is 1. The lowest BCUT2D eigenvalue weighted by Crippen LogP contribution is -2.18. The highest BCUT2D eigenvalue weighted by Crippen LogP contribution is 2.20. The molecule has 12 heavy (non-hydrogen) atoms. The van der Waals surface area contributed by atoms with E-state index in [4.69, 9.17) is 5.73 Å². The van der Waals surface area contributed by atoms with Crippen molar-refractivity contribution in [3.8, 4) is 5.88 Å². The average molecular weight is 178 g/mol. The first-order valence-electron chi connectivity index (χ1n) is 2.96. The molecule has 0 aromatic carbocycles. The van der Waals surface area contributed by atoms with Crippen molar-refractivity contribution in [2.45, 2.75) is 6.36 Å². The van der Waals surface area contributed by atoms with Gasteiger partial charge in [-0.15, -0.1) is 13.2 Å². The summed E-state index contributed by atoms with van der Waals surface area (Å²) in [7, 11) is 0. The molecule has 66 valence electrons. The Morgan fingerprint density at radius 2 is 2.00 bits per heavy atom. The van der Waals surface area contributed by atoms with Crippen LogP contribution in [0.15, 0.2) is 18.2 Å². The summed E-state index contributed by atoms with van der Waals surface area (Å²) < 4.78 is 38.2. The van der Waals surface area contributed by atoms with E-state index >= 15 is 0 Å². The van der Waals surface area contributed by atoms with Gasteiger partial charge in [-0.2, -0.15) is 4.98 Å². The van der Waals surface area contributed by atoms with E-state index in [1.54, 1.807) is 0 Å². The van der Waals surface area contributed by atoms with Gasteiger partial charge in [0.15, 0.2) is 0 Å². The van der Waals surface area contributed by atoms with E-state index in [0.29, 0.717) is 0 Å². The molecule has 0 aliphatic rings. The predicted octanol–water partition coefficient (Wildman–Crippen LogP) is 1.56. The van der Waals surface area contributed by atoms with Crippen LogP contribution in [0.3, 0.4) is 0 Å². The normalized spacial score (nSPS) is 11.2. The number of hydrogen-bond acceptors (Lipinski definition) is 3. The second-order valence-electron chi connectivity index (χ2n) is 1.95. The molecule has 0 radical (unpaired) electrons. The monoisotopic (exact) mass is 178 g/mol. The number of rotatable bonds is 1. The van der Waals surface area contributed by atoms with Crippen LogP contribution in [0.2, 0.25) is 0 Å². The van der Waals surface area contributed by atoms with Crippen LogP contribution in [0.5, 0.6) is 5.88 Å². The molecule has 0 fully saturated rings. The van der Waals surface area contributed by atoms with Crippen molar-refractivity contribution < 1.29 is 17.9 Å². The summed E-state index contributed by atoms with van der Waals surface area (Å²) in [6, 6.07) is 3.76. The zero-order valence-corrected chi connectivity index (χ0v) is 5.80. The quantitative estimate of drug-likeness (QED) is 0.709. The summed E-state index contributed by atoms with van der Waals surface area (Å²) in [5.41, 5.74) is 5.12.